The standard InChI is InChI=1S/C19H19ClN4/c1-19(2,11-21)17-7-14(10-23-13-24-12-22)6-16(8-17)15-4-3-5-18(20)9-15/h3-9,12-13H,10H2,1-2H3,(H2,22,23,24). The fraction of sp³-hybridized carbons (Fsp3) is 0.211. The van der Waals surface area contributed by atoms with Crippen LogP contribution in [0.15, 0.2) is 52.4 Å². The van der Waals surface area contributed by atoms with Crippen molar-refractivity contribution in [2.45, 2.75) is 25.8 Å². The van der Waals surface area contributed by atoms with Gasteiger partial charge in [-0.2, -0.15) is 5.26 Å². The van der Waals surface area contributed by atoms with Gasteiger partial charge in [0.15, 0.2) is 0 Å². The number of benzene rings is 2. The molecule has 2 aromatic carbocycles. The first kappa shape index (κ1) is 17.7. The molecule has 0 saturated heterocycles. The molecule has 0 unspecified atom stereocenters. The molecular formula is C19H19ClN4. The molecule has 0 aromatic heterocycles. The minimum Gasteiger partial charge on any atom is -0.390 e. The van der Waals surface area contributed by atoms with Crippen LogP contribution < -0.4 is 5.73 Å². The highest BCUT2D eigenvalue weighted by molar-refractivity contribution is 6.30. The summed E-state index contributed by atoms with van der Waals surface area (Å²) in [5, 5.41) is 10.1. The average Bonchev–Trinajstić information content (AvgIpc) is 2.58. The molecule has 0 heterocycles. The summed E-state index contributed by atoms with van der Waals surface area (Å²) < 4.78 is 0. The zero-order valence-corrected chi connectivity index (χ0v) is 14.5. The van der Waals surface area contributed by atoms with Crippen molar-refractivity contribution in [1.82, 2.24) is 0 Å². The molecule has 4 nitrogen and oxygen atoms in total. The van der Waals surface area contributed by atoms with Gasteiger partial charge in [0.05, 0.1) is 24.4 Å². The van der Waals surface area contributed by atoms with E-state index in [0.717, 1.165) is 22.3 Å². The van der Waals surface area contributed by atoms with Crippen molar-refractivity contribution in [3.8, 4) is 17.2 Å². The molecule has 24 heavy (non-hydrogen) atoms. The minimum atomic E-state index is -0.595. The van der Waals surface area contributed by atoms with Crippen molar-refractivity contribution in [2.75, 3.05) is 0 Å². The van der Waals surface area contributed by atoms with Gasteiger partial charge in [-0.1, -0.05) is 29.8 Å². The van der Waals surface area contributed by atoms with Crippen LogP contribution in [-0.2, 0) is 12.0 Å². The molecular weight excluding hydrogens is 320 g/mol. The molecule has 0 bridgehead atoms. The average molecular weight is 339 g/mol. The van der Waals surface area contributed by atoms with E-state index in [1.165, 1.54) is 12.7 Å². The number of nitrogens with zero attached hydrogens (tertiary/aromatic N) is 3. The van der Waals surface area contributed by atoms with Gasteiger partial charge in [0.1, 0.15) is 6.34 Å². The quantitative estimate of drug-likeness (QED) is 0.651. The number of aliphatic imine (C=N–C) groups is 2. The summed E-state index contributed by atoms with van der Waals surface area (Å²) in [4.78, 5) is 7.98. The highest BCUT2D eigenvalue weighted by atomic mass is 35.5. The molecule has 2 aromatic rings. The third-order valence-electron chi connectivity index (χ3n) is 3.66. The second kappa shape index (κ2) is 7.76. The maximum Gasteiger partial charge on any atom is 0.112 e. The van der Waals surface area contributed by atoms with Gasteiger partial charge in [0, 0.05) is 5.02 Å². The highest BCUT2D eigenvalue weighted by Gasteiger charge is 2.21. The molecule has 0 spiro atoms. The van der Waals surface area contributed by atoms with Crippen LogP contribution in [0.2, 0.25) is 5.02 Å². The van der Waals surface area contributed by atoms with E-state index in [1.807, 2.05) is 56.3 Å². The summed E-state index contributed by atoms with van der Waals surface area (Å²) in [5.74, 6) is 0. The van der Waals surface area contributed by atoms with Gasteiger partial charge < -0.3 is 5.73 Å². The fourth-order valence-corrected chi connectivity index (χ4v) is 2.47. The maximum atomic E-state index is 9.46. The SMILES string of the molecule is CC(C)(C#N)c1cc(CN=CN=CN)cc(-c2cccc(Cl)c2)c1. The van der Waals surface area contributed by atoms with Crippen LogP contribution >= 0.6 is 11.6 Å². The highest BCUT2D eigenvalue weighted by Crippen LogP contribution is 2.30. The maximum absolute atomic E-state index is 9.46. The number of halogens is 1. The second-order valence-electron chi connectivity index (χ2n) is 5.92. The third kappa shape index (κ3) is 4.43. The Labute approximate surface area is 147 Å². The van der Waals surface area contributed by atoms with Crippen LogP contribution in [-0.4, -0.2) is 12.7 Å². The van der Waals surface area contributed by atoms with Gasteiger partial charge in [-0.15, -0.1) is 0 Å². The van der Waals surface area contributed by atoms with Gasteiger partial charge in [0.25, 0.3) is 0 Å². The number of hydrogen-bond donors (Lipinski definition) is 1. The predicted octanol–water partition coefficient (Wildman–Crippen LogP) is 4.32. The van der Waals surface area contributed by atoms with Gasteiger partial charge in [-0.05, 0) is 60.4 Å². The summed E-state index contributed by atoms with van der Waals surface area (Å²) in [6.07, 6.45) is 2.61. The Kier molecular flexibility index (Phi) is 5.73. The molecule has 122 valence electrons. The number of rotatable bonds is 5. The van der Waals surface area contributed by atoms with E-state index in [2.05, 4.69) is 16.1 Å². The number of nitriles is 1. The van der Waals surface area contributed by atoms with Crippen molar-refractivity contribution < 1.29 is 0 Å². The minimum absolute atomic E-state index is 0.459. The lowest BCUT2D eigenvalue weighted by Crippen LogP contribution is -2.14. The Morgan fingerprint density at radius 3 is 2.67 bits per heavy atom. The van der Waals surface area contributed by atoms with Crippen LogP contribution in [0.1, 0.15) is 25.0 Å². The van der Waals surface area contributed by atoms with Crippen LogP contribution in [0.3, 0.4) is 0 Å². The molecule has 0 aliphatic carbocycles. The van der Waals surface area contributed by atoms with Crippen molar-refractivity contribution in [3.63, 3.8) is 0 Å². The number of hydrogen-bond acceptors (Lipinski definition) is 2. The molecule has 0 radical (unpaired) electrons. The normalized spacial score (nSPS) is 11.9. The molecule has 0 amide bonds. The van der Waals surface area contributed by atoms with Crippen molar-refractivity contribution in [2.24, 2.45) is 15.7 Å². The monoisotopic (exact) mass is 338 g/mol. The summed E-state index contributed by atoms with van der Waals surface area (Å²) in [6, 6.07) is 16.1. The van der Waals surface area contributed by atoms with Crippen molar-refractivity contribution in [3.05, 3.63) is 58.6 Å². The molecule has 2 N–H and O–H groups in total. The van der Waals surface area contributed by atoms with Crippen LogP contribution in [0.5, 0.6) is 0 Å². The smallest absolute Gasteiger partial charge is 0.112 e. The van der Waals surface area contributed by atoms with Crippen molar-refractivity contribution in [1.29, 1.82) is 5.26 Å². The van der Waals surface area contributed by atoms with Crippen LogP contribution in [0.4, 0.5) is 0 Å². The summed E-state index contributed by atoms with van der Waals surface area (Å²) in [7, 11) is 0. The van der Waals surface area contributed by atoms with E-state index in [0.29, 0.717) is 11.6 Å². The van der Waals surface area contributed by atoms with Gasteiger partial charge >= 0.3 is 0 Å². The van der Waals surface area contributed by atoms with E-state index < -0.39 is 5.41 Å². The first-order valence-electron chi connectivity index (χ1n) is 7.49. The first-order valence-corrected chi connectivity index (χ1v) is 7.87. The lowest BCUT2D eigenvalue weighted by molar-refractivity contribution is 0.685. The van der Waals surface area contributed by atoms with Crippen LogP contribution in [0, 0.1) is 11.3 Å². The molecule has 0 saturated carbocycles. The first-order chi connectivity index (χ1) is 11.5. The Morgan fingerprint density at radius 1 is 1.21 bits per heavy atom. The summed E-state index contributed by atoms with van der Waals surface area (Å²) in [6.45, 7) is 4.26. The third-order valence-corrected chi connectivity index (χ3v) is 3.90. The van der Waals surface area contributed by atoms with E-state index in [1.54, 1.807) is 0 Å². The van der Waals surface area contributed by atoms with E-state index in [4.69, 9.17) is 17.3 Å². The molecule has 0 aliphatic rings. The Hall–Kier alpha value is -2.64. The Bertz CT molecular complexity index is 816. The topological polar surface area (TPSA) is 74.5 Å². The van der Waals surface area contributed by atoms with Crippen LogP contribution in [0.25, 0.3) is 11.1 Å². The Morgan fingerprint density at radius 2 is 2.00 bits per heavy atom. The zero-order valence-electron chi connectivity index (χ0n) is 13.7. The lowest BCUT2D eigenvalue weighted by atomic mass is 9.83. The zero-order chi connectivity index (χ0) is 17.6. The molecule has 2 rings (SSSR count). The largest absolute Gasteiger partial charge is 0.390 e. The molecule has 0 fully saturated rings. The predicted molar refractivity (Wildman–Crippen MR) is 100 cm³/mol. The molecule has 0 atom stereocenters. The van der Waals surface area contributed by atoms with Gasteiger partial charge in [-0.3, -0.25) is 4.99 Å². The van der Waals surface area contributed by atoms with Gasteiger partial charge in [0.2, 0.25) is 0 Å². The molecule has 5 heteroatoms. The van der Waals surface area contributed by atoms with E-state index in [-0.39, 0.29) is 0 Å². The summed E-state index contributed by atoms with van der Waals surface area (Å²) >= 11 is 6.11. The molecule has 0 aliphatic heterocycles. The van der Waals surface area contributed by atoms with E-state index in [9.17, 15) is 5.26 Å². The lowest BCUT2D eigenvalue weighted by Gasteiger charge is -2.18. The second-order valence-corrected chi connectivity index (χ2v) is 6.36. The fourth-order valence-electron chi connectivity index (χ4n) is 2.28. The van der Waals surface area contributed by atoms with E-state index >= 15 is 0 Å². The summed E-state index contributed by atoms with van der Waals surface area (Å²) in [5.41, 5.74) is 8.54. The number of nitrogens with two attached hydrogens (primary N) is 1. The van der Waals surface area contributed by atoms with Crippen molar-refractivity contribution >= 4 is 24.3 Å². The Balaban J connectivity index is 2.50. The van der Waals surface area contributed by atoms with Gasteiger partial charge in [-0.25, -0.2) is 4.99 Å².